The van der Waals surface area contributed by atoms with Crippen molar-refractivity contribution in [2.45, 2.75) is 13.0 Å². The van der Waals surface area contributed by atoms with Crippen LogP contribution >= 0.6 is 11.3 Å². The number of thiophene rings is 1. The summed E-state index contributed by atoms with van der Waals surface area (Å²) < 4.78 is 10.7. The first-order valence-electron chi connectivity index (χ1n) is 7.20. The van der Waals surface area contributed by atoms with Crippen LogP contribution in [0, 0.1) is 0 Å². The first-order valence-corrected chi connectivity index (χ1v) is 8.08. The monoisotopic (exact) mass is 317 g/mol. The summed E-state index contributed by atoms with van der Waals surface area (Å²) in [6.45, 7) is 1.86. The zero-order chi connectivity index (χ0) is 15.2. The molecule has 0 saturated carbocycles. The molecule has 0 bridgehead atoms. The van der Waals surface area contributed by atoms with Crippen LogP contribution in [0.1, 0.15) is 10.4 Å². The van der Waals surface area contributed by atoms with Crippen LogP contribution < -0.4 is 20.1 Å². The number of fused-ring (bicyclic) bond motifs is 1. The van der Waals surface area contributed by atoms with Crippen molar-refractivity contribution in [1.82, 2.24) is 10.6 Å². The summed E-state index contributed by atoms with van der Waals surface area (Å²) in [5.41, 5.74) is 1.13. The molecule has 22 heavy (non-hydrogen) atoms. The van der Waals surface area contributed by atoms with Gasteiger partial charge in [0.25, 0.3) is 0 Å². The third-order valence-electron chi connectivity index (χ3n) is 3.36. The molecule has 1 aliphatic heterocycles. The average Bonchev–Trinajstić information content (AvgIpc) is 3.21. The second-order valence-corrected chi connectivity index (χ2v) is 5.90. The van der Waals surface area contributed by atoms with Crippen molar-refractivity contribution in [3.05, 3.63) is 46.2 Å². The van der Waals surface area contributed by atoms with Gasteiger partial charge in [-0.25, -0.2) is 0 Å². The summed E-state index contributed by atoms with van der Waals surface area (Å²) in [5, 5.41) is 8.72. The van der Waals surface area contributed by atoms with Crippen LogP contribution in [0.5, 0.6) is 11.5 Å². The summed E-state index contributed by atoms with van der Waals surface area (Å²) in [6.07, 6.45) is 1.00. The molecule has 1 aromatic heterocycles. The molecular formula is C16H19N3O2S. The SMILES string of the molecule is CN=C(NCCc1cccs1)NCc1ccc2c(c1)OCO2. The minimum absolute atomic E-state index is 0.304. The molecule has 2 N–H and O–H groups in total. The van der Waals surface area contributed by atoms with Crippen molar-refractivity contribution in [3.63, 3.8) is 0 Å². The van der Waals surface area contributed by atoms with E-state index in [1.807, 2.05) is 18.2 Å². The molecular weight excluding hydrogens is 298 g/mol. The van der Waals surface area contributed by atoms with Crippen LogP contribution in [-0.4, -0.2) is 26.3 Å². The molecule has 0 fully saturated rings. The Kier molecular flexibility index (Phi) is 4.80. The zero-order valence-corrected chi connectivity index (χ0v) is 13.3. The molecule has 2 aromatic rings. The normalized spacial score (nSPS) is 13.2. The number of rotatable bonds is 5. The van der Waals surface area contributed by atoms with E-state index in [2.05, 4.69) is 33.1 Å². The molecule has 2 heterocycles. The predicted molar refractivity (Wildman–Crippen MR) is 88.8 cm³/mol. The molecule has 3 rings (SSSR count). The number of ether oxygens (including phenoxy) is 2. The van der Waals surface area contributed by atoms with Gasteiger partial charge in [-0.1, -0.05) is 12.1 Å². The summed E-state index contributed by atoms with van der Waals surface area (Å²) in [4.78, 5) is 5.61. The second-order valence-electron chi connectivity index (χ2n) is 4.87. The Morgan fingerprint density at radius 2 is 2.14 bits per heavy atom. The molecule has 0 aliphatic carbocycles. The molecule has 1 aromatic carbocycles. The van der Waals surface area contributed by atoms with E-state index < -0.39 is 0 Å². The lowest BCUT2D eigenvalue weighted by atomic mass is 10.2. The smallest absolute Gasteiger partial charge is 0.231 e. The Morgan fingerprint density at radius 1 is 1.23 bits per heavy atom. The second kappa shape index (κ2) is 7.17. The van der Waals surface area contributed by atoms with Gasteiger partial charge in [-0.3, -0.25) is 4.99 Å². The van der Waals surface area contributed by atoms with Crippen LogP contribution in [-0.2, 0) is 13.0 Å². The maximum Gasteiger partial charge on any atom is 0.231 e. The summed E-state index contributed by atoms with van der Waals surface area (Å²) >= 11 is 1.78. The third kappa shape index (κ3) is 3.71. The third-order valence-corrected chi connectivity index (χ3v) is 4.30. The summed E-state index contributed by atoms with van der Waals surface area (Å²) in [6, 6.07) is 10.2. The Bertz CT molecular complexity index is 641. The summed E-state index contributed by atoms with van der Waals surface area (Å²) in [7, 11) is 1.78. The van der Waals surface area contributed by atoms with Gasteiger partial charge in [0.2, 0.25) is 6.79 Å². The van der Waals surface area contributed by atoms with Gasteiger partial charge in [0.1, 0.15) is 0 Å². The minimum Gasteiger partial charge on any atom is -0.454 e. The van der Waals surface area contributed by atoms with Crippen molar-refractivity contribution in [3.8, 4) is 11.5 Å². The van der Waals surface area contributed by atoms with E-state index in [1.165, 1.54) is 4.88 Å². The van der Waals surface area contributed by atoms with Gasteiger partial charge in [-0.05, 0) is 35.6 Å². The quantitative estimate of drug-likeness (QED) is 0.657. The van der Waals surface area contributed by atoms with E-state index >= 15 is 0 Å². The van der Waals surface area contributed by atoms with Crippen LogP contribution in [0.15, 0.2) is 40.7 Å². The first-order chi connectivity index (χ1) is 10.8. The van der Waals surface area contributed by atoms with Gasteiger partial charge in [-0.2, -0.15) is 0 Å². The van der Waals surface area contributed by atoms with Crippen LogP contribution in [0.25, 0.3) is 0 Å². The van der Waals surface area contributed by atoms with Crippen molar-refractivity contribution in [2.75, 3.05) is 20.4 Å². The van der Waals surface area contributed by atoms with E-state index in [9.17, 15) is 0 Å². The Hall–Kier alpha value is -2.21. The predicted octanol–water partition coefficient (Wildman–Crippen LogP) is 2.38. The topological polar surface area (TPSA) is 54.9 Å². The van der Waals surface area contributed by atoms with Crippen LogP contribution in [0.3, 0.4) is 0 Å². The van der Waals surface area contributed by atoms with Crippen LogP contribution in [0.4, 0.5) is 0 Å². The average molecular weight is 317 g/mol. The van der Waals surface area contributed by atoms with E-state index in [0.29, 0.717) is 13.3 Å². The first kappa shape index (κ1) is 14.7. The maximum atomic E-state index is 5.38. The molecule has 0 unspecified atom stereocenters. The highest BCUT2D eigenvalue weighted by molar-refractivity contribution is 7.09. The van der Waals surface area contributed by atoms with Gasteiger partial charge in [0.15, 0.2) is 17.5 Å². The number of guanidine groups is 1. The molecule has 5 nitrogen and oxygen atoms in total. The fraction of sp³-hybridized carbons (Fsp3) is 0.312. The van der Waals surface area contributed by atoms with Gasteiger partial charge in [0.05, 0.1) is 0 Å². The van der Waals surface area contributed by atoms with Crippen molar-refractivity contribution >= 4 is 17.3 Å². The lowest BCUT2D eigenvalue weighted by Crippen LogP contribution is -2.37. The van der Waals surface area contributed by atoms with E-state index in [4.69, 9.17) is 9.47 Å². The molecule has 0 saturated heterocycles. The van der Waals surface area contributed by atoms with Crippen molar-refractivity contribution in [1.29, 1.82) is 0 Å². The Morgan fingerprint density at radius 3 is 2.95 bits per heavy atom. The molecule has 1 aliphatic rings. The number of hydrogen-bond donors (Lipinski definition) is 2. The van der Waals surface area contributed by atoms with Gasteiger partial charge >= 0.3 is 0 Å². The lowest BCUT2D eigenvalue weighted by Gasteiger charge is -2.11. The molecule has 0 radical (unpaired) electrons. The van der Waals surface area contributed by atoms with E-state index in [1.54, 1.807) is 18.4 Å². The molecule has 0 atom stereocenters. The maximum absolute atomic E-state index is 5.38. The molecule has 0 amide bonds. The summed E-state index contributed by atoms with van der Waals surface area (Å²) in [5.74, 6) is 2.41. The van der Waals surface area contributed by atoms with Gasteiger partial charge in [0, 0.05) is 25.0 Å². The largest absolute Gasteiger partial charge is 0.454 e. The zero-order valence-electron chi connectivity index (χ0n) is 12.5. The molecule has 0 spiro atoms. The number of hydrogen-bond acceptors (Lipinski definition) is 4. The lowest BCUT2D eigenvalue weighted by molar-refractivity contribution is 0.174. The van der Waals surface area contributed by atoms with Gasteiger partial charge < -0.3 is 20.1 Å². The highest BCUT2D eigenvalue weighted by atomic mass is 32.1. The molecule has 6 heteroatoms. The Balaban J connectivity index is 1.46. The highest BCUT2D eigenvalue weighted by Gasteiger charge is 2.13. The number of aliphatic imine (C=N–C) groups is 1. The van der Waals surface area contributed by atoms with E-state index in [0.717, 1.165) is 36.0 Å². The standard InChI is InChI=1S/C16H19N3O2S/c1-17-16(18-7-6-13-3-2-8-22-13)19-10-12-4-5-14-15(9-12)21-11-20-14/h2-5,8-9H,6-7,10-11H2,1H3,(H2,17,18,19). The van der Waals surface area contributed by atoms with Crippen molar-refractivity contribution < 1.29 is 9.47 Å². The molecule has 116 valence electrons. The minimum atomic E-state index is 0.304. The fourth-order valence-corrected chi connectivity index (χ4v) is 2.93. The number of nitrogens with one attached hydrogen (secondary N) is 2. The fourth-order valence-electron chi connectivity index (χ4n) is 2.22. The van der Waals surface area contributed by atoms with Crippen molar-refractivity contribution in [2.24, 2.45) is 4.99 Å². The highest BCUT2D eigenvalue weighted by Crippen LogP contribution is 2.32. The number of benzene rings is 1. The van der Waals surface area contributed by atoms with Gasteiger partial charge in [-0.15, -0.1) is 11.3 Å². The Labute approximate surface area is 134 Å². The number of nitrogens with zero attached hydrogens (tertiary/aromatic N) is 1. The van der Waals surface area contributed by atoms with Crippen LogP contribution in [0.2, 0.25) is 0 Å². The van der Waals surface area contributed by atoms with E-state index in [-0.39, 0.29) is 0 Å².